The number of nitrogens with one attached hydrogen (secondary N) is 3. The summed E-state index contributed by atoms with van der Waals surface area (Å²) in [6.45, 7) is 5.72. The van der Waals surface area contributed by atoms with Crippen molar-refractivity contribution in [3.63, 3.8) is 0 Å². The largest absolute Gasteiger partial charge is 0.495 e. The summed E-state index contributed by atoms with van der Waals surface area (Å²) in [7, 11) is 8.58. The molecule has 0 radical (unpaired) electrons. The Bertz CT molecular complexity index is 3230. The number of methoxy groups -OCH3 is 2. The van der Waals surface area contributed by atoms with Gasteiger partial charge in [0.25, 0.3) is 17.7 Å². The molecule has 7 rings (SSSR count). The molecule has 9 amide bonds. The van der Waals surface area contributed by atoms with Crippen molar-refractivity contribution in [1.29, 1.82) is 0 Å². The number of rotatable bonds is 19. The number of aliphatic hydroxyl groups is 1. The van der Waals surface area contributed by atoms with Gasteiger partial charge < -0.3 is 67.9 Å². The molecule has 4 bridgehead atoms. The number of alkyl carbamates (subject to hydrolysis) is 1. The summed E-state index contributed by atoms with van der Waals surface area (Å²) in [5, 5.41) is 19.8. The van der Waals surface area contributed by atoms with Crippen LogP contribution in [0.25, 0.3) is 0 Å². The average Bonchev–Trinajstić information content (AvgIpc) is 1.56. The van der Waals surface area contributed by atoms with Crippen molar-refractivity contribution in [1.82, 2.24) is 30.2 Å². The fourth-order valence-electron chi connectivity index (χ4n) is 11.0. The van der Waals surface area contributed by atoms with Gasteiger partial charge in [-0.2, -0.15) is 0 Å². The van der Waals surface area contributed by atoms with Crippen LogP contribution in [0, 0.1) is 5.92 Å². The topological polar surface area (TPSA) is 320 Å². The van der Waals surface area contributed by atoms with Crippen molar-refractivity contribution < 1.29 is 90.9 Å². The Morgan fingerprint density at radius 3 is 2.34 bits per heavy atom. The third-order valence-corrected chi connectivity index (χ3v) is 17.3. The van der Waals surface area contributed by atoms with E-state index in [4.69, 9.17) is 49.5 Å². The second-order valence-electron chi connectivity index (χ2n) is 23.6. The van der Waals surface area contributed by atoms with Gasteiger partial charge in [0.05, 0.1) is 43.0 Å². The van der Waals surface area contributed by atoms with Gasteiger partial charge >= 0.3 is 30.3 Å². The van der Waals surface area contributed by atoms with Gasteiger partial charge in [-0.05, 0) is 94.3 Å². The number of anilines is 2. The van der Waals surface area contributed by atoms with E-state index in [0.29, 0.717) is 29.8 Å². The number of fused-ring (bicyclic) bond motifs is 5. The predicted octanol–water partition coefficient (Wildman–Crippen LogP) is 6.33. The molecule has 5 aliphatic rings. The second-order valence-corrected chi connectivity index (χ2v) is 24.0. The van der Waals surface area contributed by atoms with Crippen molar-refractivity contribution >= 4 is 82.9 Å². The van der Waals surface area contributed by atoms with E-state index in [1.165, 1.54) is 82.2 Å². The first kappa shape index (κ1) is 70.9. The molecule has 4 aliphatic heterocycles. The van der Waals surface area contributed by atoms with Crippen LogP contribution in [-0.2, 0) is 70.2 Å². The van der Waals surface area contributed by atoms with Gasteiger partial charge in [-0.25, -0.2) is 24.0 Å². The van der Waals surface area contributed by atoms with Gasteiger partial charge in [0.1, 0.15) is 60.0 Å². The maximum atomic E-state index is 14.4. The maximum absolute atomic E-state index is 14.4. The Kier molecular flexibility index (Phi) is 24.4. The lowest BCUT2D eigenvalue weighted by atomic mass is 9.83. The highest BCUT2D eigenvalue weighted by Gasteiger charge is 2.64. The van der Waals surface area contributed by atoms with Crippen LogP contribution in [0.4, 0.5) is 30.6 Å². The summed E-state index contributed by atoms with van der Waals surface area (Å²) in [6.07, 6.45) is 7.28. The first-order valence-electron chi connectivity index (χ1n) is 30.4. The molecule has 0 aromatic heterocycles. The van der Waals surface area contributed by atoms with Crippen LogP contribution in [-0.4, -0.2) is 208 Å². The van der Waals surface area contributed by atoms with Crippen molar-refractivity contribution in [3.8, 4) is 5.75 Å². The predicted molar refractivity (Wildman–Crippen MR) is 333 cm³/mol. The molecule has 2 fully saturated rings. The minimum absolute atomic E-state index is 0.0153. The van der Waals surface area contributed by atoms with Gasteiger partial charge in [0, 0.05) is 86.0 Å². The number of benzene rings is 2. The lowest BCUT2D eigenvalue weighted by molar-refractivity contribution is -0.162. The molecule has 9 atom stereocenters. The minimum Gasteiger partial charge on any atom is -0.495 e. The molecule has 2 unspecified atom stereocenters. The normalized spacial score (nSPS) is 25.5. The monoisotopic (exact) mass is 1300 g/mol. The zero-order valence-electron chi connectivity index (χ0n) is 53.5. The van der Waals surface area contributed by atoms with Crippen molar-refractivity contribution in [2.24, 2.45) is 5.92 Å². The summed E-state index contributed by atoms with van der Waals surface area (Å²) >= 11 is 6.83. The molecule has 0 spiro atoms. The van der Waals surface area contributed by atoms with Crippen LogP contribution in [0.2, 0.25) is 5.02 Å². The Morgan fingerprint density at radius 2 is 1.64 bits per heavy atom. The molecule has 2 saturated heterocycles. The molecule has 2 aromatic rings. The average molecular weight is 1300 g/mol. The number of nitrogens with zero attached hydrogens (tertiary/aromatic N) is 5. The molecule has 1 aliphatic carbocycles. The number of amides is 9. The highest BCUT2D eigenvalue weighted by atomic mass is 35.5. The van der Waals surface area contributed by atoms with E-state index in [0.717, 1.165) is 58.8 Å². The number of likely N-dealkylation sites (N-methyl/N-ethyl adjacent to an activating group) is 3. The molecular weight excluding hydrogens is 1220 g/mol. The summed E-state index contributed by atoms with van der Waals surface area (Å²) < 4.78 is 46.0. The molecule has 2 aromatic carbocycles. The third-order valence-electron chi connectivity index (χ3n) is 16.9. The number of halogens is 1. The molecule has 27 nitrogen and oxygen atoms in total. The van der Waals surface area contributed by atoms with Crippen LogP contribution < -0.4 is 25.6 Å². The van der Waals surface area contributed by atoms with Crippen LogP contribution in [0.15, 0.2) is 78.4 Å². The number of carbonyl (C=O) groups is 10. The molecule has 0 saturated carbocycles. The summed E-state index contributed by atoms with van der Waals surface area (Å²) in [6, 6.07) is 6.65. The Morgan fingerprint density at radius 1 is 0.935 bits per heavy atom. The summed E-state index contributed by atoms with van der Waals surface area (Å²) in [4.78, 5) is 138. The van der Waals surface area contributed by atoms with Crippen LogP contribution in [0.3, 0.4) is 0 Å². The van der Waals surface area contributed by atoms with E-state index in [1.54, 1.807) is 38.1 Å². The van der Waals surface area contributed by atoms with Crippen molar-refractivity contribution in [2.45, 2.75) is 140 Å². The van der Waals surface area contributed by atoms with Gasteiger partial charge in [-0.15, -0.1) is 0 Å². The van der Waals surface area contributed by atoms with E-state index < -0.39 is 127 Å². The standard InChI is InChI=1S/C64H83ClN8O19/c1-38-17-16-20-49(86-10)64(84)36-48(90-60(81)68-64)39(2)56-63(4,92-56)50(35-54(77)72(8)46-33-42(31-38)34-47(85-9)55(46)65)91-58(79)40(3)71(7)51(74)25-30-87-61(82)69(5)28-29-70(6)62(83)88-37-41-21-22-45(67-59(80)89-43-18-14-12-11-13-15-19-43)44(32-41)57(78)66-26-27-73-52(75)23-24-53(73)76/h14,16-18,20-24,32-34,39-40,43,48-50,56,84H,11-13,15,19,25-31,35-37H2,1-10H3,(H,66,78)(H,67,80)(H,68,81)/b18-14+,20-16+,38-17+/t39-,40+,43?,48+,49-,50+,56+,63?,64+/m1/s1. The first-order valence-corrected chi connectivity index (χ1v) is 30.7. The van der Waals surface area contributed by atoms with E-state index in [9.17, 15) is 53.1 Å². The molecule has 500 valence electrons. The Labute approximate surface area is 539 Å². The number of carbonyl (C=O) groups excluding carboxylic acids is 10. The molecule has 4 heterocycles. The van der Waals surface area contributed by atoms with Gasteiger partial charge in [0.2, 0.25) is 11.8 Å². The van der Waals surface area contributed by atoms with Crippen LogP contribution in [0.5, 0.6) is 5.75 Å². The SMILES string of the molecule is COc1cc2cc(c1Cl)N(C)C(=O)C[C@H](OC(=O)[C@H](C)N(C)C(=O)CCOC(=O)N(C)CCN(C)C(=O)OCc1ccc(NC(=O)OC3/C=C/CCCCC3)c(C(=O)NCCN3C(=O)C=CC3=O)c1)C1(C)O[C@H]1[C@H](C)[C@@H]1C[C@@](O)(NC(=O)O1)[C@H](OC)/C=C/C=C(\C)C2. The smallest absolute Gasteiger partial charge is 0.412 e. The number of ether oxygens (including phenoxy) is 8. The number of hydrogen-bond donors (Lipinski definition) is 4. The maximum Gasteiger partial charge on any atom is 0.412 e. The number of allylic oxidation sites excluding steroid dienone is 4. The molecular formula is C64H83ClN8O19. The number of hydrogen-bond acceptors (Lipinski definition) is 19. The van der Waals surface area contributed by atoms with Gasteiger partial charge in [-0.1, -0.05) is 60.9 Å². The number of imide groups is 1. The van der Waals surface area contributed by atoms with E-state index in [-0.39, 0.29) is 61.9 Å². The Balaban J connectivity index is 0.927. The minimum atomic E-state index is -1.91. The van der Waals surface area contributed by atoms with Crippen LogP contribution >= 0.6 is 11.6 Å². The van der Waals surface area contributed by atoms with E-state index in [2.05, 4.69) is 16.0 Å². The van der Waals surface area contributed by atoms with E-state index >= 15 is 0 Å². The molecule has 4 N–H and O–H groups in total. The fourth-order valence-corrected chi connectivity index (χ4v) is 11.3. The summed E-state index contributed by atoms with van der Waals surface area (Å²) in [5.41, 5.74) is -0.916. The van der Waals surface area contributed by atoms with Crippen LogP contribution in [0.1, 0.15) is 101 Å². The summed E-state index contributed by atoms with van der Waals surface area (Å²) in [5.74, 6) is -4.07. The van der Waals surface area contributed by atoms with Gasteiger partial charge in [-0.3, -0.25) is 39.5 Å². The fraction of sp³-hybridized carbons (Fsp3) is 0.531. The lowest BCUT2D eigenvalue weighted by Gasteiger charge is -2.42. The highest BCUT2D eigenvalue weighted by Crippen LogP contribution is 2.49. The third kappa shape index (κ3) is 18.2. The lowest BCUT2D eigenvalue weighted by Crippen LogP contribution is -2.63. The van der Waals surface area contributed by atoms with E-state index in [1.807, 2.05) is 25.2 Å². The molecule has 28 heteroatoms. The number of esters is 1. The van der Waals surface area contributed by atoms with Gasteiger partial charge in [0.15, 0.2) is 5.72 Å². The highest BCUT2D eigenvalue weighted by molar-refractivity contribution is 6.35. The van der Waals surface area contributed by atoms with Crippen molar-refractivity contribution in [2.75, 3.05) is 85.4 Å². The Hall–Kier alpha value is -8.53. The van der Waals surface area contributed by atoms with Crippen molar-refractivity contribution in [3.05, 3.63) is 100 Å². The number of epoxide rings is 1. The zero-order chi connectivity index (χ0) is 67.2. The molecule has 92 heavy (non-hydrogen) atoms. The quantitative estimate of drug-likeness (QED) is 0.0392. The zero-order valence-corrected chi connectivity index (χ0v) is 54.2. The first-order chi connectivity index (χ1) is 43.7. The second kappa shape index (κ2) is 31.7.